The van der Waals surface area contributed by atoms with Gasteiger partial charge in [0, 0.05) is 6.20 Å². The van der Waals surface area contributed by atoms with E-state index in [2.05, 4.69) is 10.2 Å². The van der Waals surface area contributed by atoms with Crippen molar-refractivity contribution < 1.29 is 4.79 Å². The van der Waals surface area contributed by atoms with Crippen LogP contribution in [0.3, 0.4) is 0 Å². The van der Waals surface area contributed by atoms with E-state index in [1.54, 1.807) is 6.07 Å². The number of carbonyl (C=O) groups is 1. The molecule has 51 valence electrons. The van der Waals surface area contributed by atoms with Gasteiger partial charge in [-0.25, -0.2) is 0 Å². The van der Waals surface area contributed by atoms with E-state index in [0.717, 1.165) is 0 Å². The van der Waals surface area contributed by atoms with Gasteiger partial charge in [-0.2, -0.15) is 10.2 Å². The maximum atomic E-state index is 10.3. The van der Waals surface area contributed by atoms with Gasteiger partial charge < -0.3 is 5.73 Å². The number of primary amides is 1. The highest BCUT2D eigenvalue weighted by Crippen LogP contribution is 1.95. The number of aromatic nitrogens is 2. The molecule has 1 rings (SSSR count). The predicted octanol–water partition coefficient (Wildman–Crippen LogP) is -0.486. The van der Waals surface area contributed by atoms with E-state index in [0.29, 0.717) is 5.56 Å². The van der Waals surface area contributed by atoms with Gasteiger partial charge in [0.1, 0.15) is 0 Å². The Balaban J connectivity index is 2.67. The molecule has 4 nitrogen and oxygen atoms in total. The summed E-state index contributed by atoms with van der Waals surface area (Å²) in [6.07, 6.45) is 4.24. The third-order valence-corrected chi connectivity index (χ3v) is 0.916. The van der Waals surface area contributed by atoms with Crippen LogP contribution in [-0.4, -0.2) is 16.1 Å². The fourth-order valence-corrected chi connectivity index (χ4v) is 0.551. The van der Waals surface area contributed by atoms with Crippen LogP contribution in [0.25, 0.3) is 0 Å². The average Bonchev–Trinajstić information content (AvgIpc) is 1.88. The quantitative estimate of drug-likeness (QED) is 0.596. The van der Waals surface area contributed by atoms with Crippen molar-refractivity contribution in [2.75, 3.05) is 0 Å². The summed E-state index contributed by atoms with van der Waals surface area (Å²) >= 11 is 0. The lowest BCUT2D eigenvalue weighted by molar-refractivity contribution is -0.114. The largest absolute Gasteiger partial charge is 0.369 e. The first kappa shape index (κ1) is 6.67. The highest BCUT2D eigenvalue weighted by molar-refractivity contribution is 5.86. The molecule has 1 radical (unpaired) electrons. The monoisotopic (exact) mass is 136 g/mol. The fraction of sp³-hybridized carbons (Fsp3) is 0. The molecule has 0 atom stereocenters. The summed E-state index contributed by atoms with van der Waals surface area (Å²) in [7, 11) is 0. The molecule has 0 unspecified atom stereocenters. The maximum absolute atomic E-state index is 10.3. The van der Waals surface area contributed by atoms with E-state index in [4.69, 9.17) is 5.73 Å². The molecule has 0 bridgehead atoms. The number of amides is 1. The zero-order valence-electron chi connectivity index (χ0n) is 5.19. The van der Waals surface area contributed by atoms with Crippen molar-refractivity contribution in [1.82, 2.24) is 10.2 Å². The lowest BCUT2D eigenvalue weighted by Crippen LogP contribution is -2.11. The van der Waals surface area contributed by atoms with Crippen LogP contribution in [0.2, 0.25) is 0 Å². The summed E-state index contributed by atoms with van der Waals surface area (Å²) in [4.78, 5) is 10.3. The van der Waals surface area contributed by atoms with Gasteiger partial charge in [-0.1, -0.05) is 0 Å². The zero-order valence-corrected chi connectivity index (χ0v) is 5.19. The molecule has 1 aromatic rings. The Morgan fingerprint density at radius 2 is 2.40 bits per heavy atom. The second-order valence-electron chi connectivity index (χ2n) is 1.72. The Bertz CT molecular complexity index is 222. The minimum atomic E-state index is -0.479. The third kappa shape index (κ3) is 1.81. The van der Waals surface area contributed by atoms with Crippen LogP contribution in [0.4, 0.5) is 0 Å². The summed E-state index contributed by atoms with van der Waals surface area (Å²) < 4.78 is 0. The van der Waals surface area contributed by atoms with Gasteiger partial charge in [0.25, 0.3) is 0 Å². The van der Waals surface area contributed by atoms with Crippen molar-refractivity contribution in [2.45, 2.75) is 0 Å². The van der Waals surface area contributed by atoms with Gasteiger partial charge in [0.2, 0.25) is 5.91 Å². The van der Waals surface area contributed by atoms with Crippen LogP contribution in [0, 0.1) is 6.42 Å². The molecule has 0 saturated heterocycles. The molecule has 1 heterocycles. The van der Waals surface area contributed by atoms with E-state index in [-0.39, 0.29) is 0 Å². The van der Waals surface area contributed by atoms with E-state index >= 15 is 0 Å². The Hall–Kier alpha value is -1.45. The van der Waals surface area contributed by atoms with Gasteiger partial charge in [-0.15, -0.1) is 0 Å². The summed E-state index contributed by atoms with van der Waals surface area (Å²) in [6, 6.07) is 1.65. The lowest BCUT2D eigenvalue weighted by atomic mass is 10.2. The standard InChI is InChI=1S/C6H6N3O/c7-6(10)3-5-1-2-8-9-4-5/h1-4H,(H2,7,10). The van der Waals surface area contributed by atoms with Crippen LogP contribution in [0.5, 0.6) is 0 Å². The number of nitrogens with zero attached hydrogens (tertiary/aromatic N) is 2. The fourth-order valence-electron chi connectivity index (χ4n) is 0.551. The Morgan fingerprint density at radius 1 is 1.60 bits per heavy atom. The van der Waals surface area contributed by atoms with Crippen molar-refractivity contribution in [3.63, 3.8) is 0 Å². The first-order chi connectivity index (χ1) is 4.79. The smallest absolute Gasteiger partial charge is 0.226 e. The lowest BCUT2D eigenvalue weighted by Gasteiger charge is -1.91. The highest BCUT2D eigenvalue weighted by Gasteiger charge is 1.96. The molecule has 0 fully saturated rings. The minimum Gasteiger partial charge on any atom is -0.369 e. The summed E-state index contributed by atoms with van der Waals surface area (Å²) in [6.45, 7) is 0. The number of nitrogens with two attached hydrogens (primary N) is 1. The Morgan fingerprint density at radius 3 is 2.90 bits per heavy atom. The van der Waals surface area contributed by atoms with E-state index in [1.807, 2.05) is 0 Å². The molecule has 0 aliphatic rings. The average molecular weight is 136 g/mol. The molecule has 0 spiro atoms. The molecular formula is C6H6N3O. The Kier molecular flexibility index (Phi) is 1.94. The van der Waals surface area contributed by atoms with E-state index in [9.17, 15) is 4.79 Å². The van der Waals surface area contributed by atoms with Gasteiger partial charge in [-0.3, -0.25) is 4.79 Å². The van der Waals surface area contributed by atoms with Crippen molar-refractivity contribution >= 4 is 5.91 Å². The molecule has 1 amide bonds. The minimum absolute atomic E-state index is 0.479. The third-order valence-electron chi connectivity index (χ3n) is 0.916. The van der Waals surface area contributed by atoms with Crippen LogP contribution >= 0.6 is 0 Å². The highest BCUT2D eigenvalue weighted by atomic mass is 16.1. The SMILES string of the molecule is NC(=O)[CH]c1ccnnc1. The molecule has 10 heavy (non-hydrogen) atoms. The van der Waals surface area contributed by atoms with Crippen LogP contribution in [-0.2, 0) is 4.79 Å². The summed E-state index contributed by atoms with van der Waals surface area (Å²) in [5.74, 6) is -0.479. The molecular weight excluding hydrogens is 130 g/mol. The van der Waals surface area contributed by atoms with Crippen LogP contribution in [0.15, 0.2) is 18.5 Å². The number of hydrogen-bond acceptors (Lipinski definition) is 3. The number of rotatable bonds is 2. The molecule has 0 aliphatic carbocycles. The first-order valence-corrected chi connectivity index (χ1v) is 2.70. The maximum Gasteiger partial charge on any atom is 0.226 e. The van der Waals surface area contributed by atoms with Crippen LogP contribution in [0.1, 0.15) is 5.56 Å². The number of carbonyl (C=O) groups excluding carboxylic acids is 1. The van der Waals surface area contributed by atoms with Crippen molar-refractivity contribution in [3.05, 3.63) is 30.4 Å². The van der Waals surface area contributed by atoms with Crippen molar-refractivity contribution in [1.29, 1.82) is 0 Å². The van der Waals surface area contributed by atoms with E-state index in [1.165, 1.54) is 18.8 Å². The molecule has 0 saturated carbocycles. The van der Waals surface area contributed by atoms with Gasteiger partial charge in [0.05, 0.1) is 12.6 Å². The topological polar surface area (TPSA) is 68.9 Å². The summed E-state index contributed by atoms with van der Waals surface area (Å²) in [5, 5.41) is 7.08. The second kappa shape index (κ2) is 2.91. The normalized spacial score (nSPS) is 9.20. The first-order valence-electron chi connectivity index (χ1n) is 2.70. The number of hydrogen-bond donors (Lipinski definition) is 1. The molecule has 0 aromatic carbocycles. The molecule has 2 N–H and O–H groups in total. The van der Waals surface area contributed by atoms with Crippen molar-refractivity contribution in [2.24, 2.45) is 5.73 Å². The molecule has 1 aromatic heterocycles. The van der Waals surface area contributed by atoms with Gasteiger partial charge >= 0.3 is 0 Å². The second-order valence-corrected chi connectivity index (χ2v) is 1.72. The summed E-state index contributed by atoms with van der Waals surface area (Å²) in [5.41, 5.74) is 5.55. The zero-order chi connectivity index (χ0) is 7.40. The molecule has 4 heteroatoms. The van der Waals surface area contributed by atoms with Crippen LogP contribution < -0.4 is 5.73 Å². The predicted molar refractivity (Wildman–Crippen MR) is 34.6 cm³/mol. The molecule has 0 aliphatic heterocycles. The van der Waals surface area contributed by atoms with Gasteiger partial charge in [0.15, 0.2) is 0 Å². The van der Waals surface area contributed by atoms with E-state index < -0.39 is 5.91 Å². The Labute approximate surface area is 58.1 Å². The van der Waals surface area contributed by atoms with Crippen molar-refractivity contribution in [3.8, 4) is 0 Å². The van der Waals surface area contributed by atoms with Gasteiger partial charge in [-0.05, 0) is 11.6 Å².